The van der Waals surface area contributed by atoms with Gasteiger partial charge in [0.25, 0.3) is 11.5 Å². The van der Waals surface area contributed by atoms with Gasteiger partial charge in [-0.1, -0.05) is 13.8 Å². The lowest BCUT2D eigenvalue weighted by Crippen LogP contribution is -2.43. The van der Waals surface area contributed by atoms with E-state index in [0.29, 0.717) is 11.3 Å². The maximum Gasteiger partial charge on any atom is 0.287 e. The lowest BCUT2D eigenvalue weighted by Gasteiger charge is -2.22. The van der Waals surface area contributed by atoms with Crippen molar-refractivity contribution < 1.29 is 18.0 Å². The molecule has 6 nitrogen and oxygen atoms in total. The van der Waals surface area contributed by atoms with Gasteiger partial charge < -0.3 is 9.73 Å². The number of hydrogen-bond donors (Lipinski definition) is 1. The molecule has 1 atom stereocenters. The zero-order chi connectivity index (χ0) is 20.3. The van der Waals surface area contributed by atoms with Crippen molar-refractivity contribution in [2.45, 2.75) is 26.4 Å². The van der Waals surface area contributed by atoms with Gasteiger partial charge in [-0.25, -0.2) is 13.5 Å². The molecule has 0 aliphatic carbocycles. The molecular formula is C20H19F2N3O3. The fourth-order valence-electron chi connectivity index (χ4n) is 2.65. The Hall–Kier alpha value is -3.29. The number of halogens is 2. The van der Waals surface area contributed by atoms with Gasteiger partial charge in [-0.2, -0.15) is 5.10 Å². The highest BCUT2D eigenvalue weighted by atomic mass is 19.2. The molecule has 0 bridgehead atoms. The third-order valence-corrected chi connectivity index (χ3v) is 4.32. The number of nitrogens with one attached hydrogen (secondary N) is 1. The molecule has 0 unspecified atom stereocenters. The Balaban J connectivity index is 1.85. The first-order chi connectivity index (χ1) is 13.3. The van der Waals surface area contributed by atoms with Gasteiger partial charge in [0.15, 0.2) is 17.4 Å². The SMILES string of the molecule is CC(C)[C@@H](Cn1nc(-c2ccc(F)c(F)c2)ccc1=O)NC(=O)c1ccco1. The van der Waals surface area contributed by atoms with Gasteiger partial charge >= 0.3 is 0 Å². The fourth-order valence-corrected chi connectivity index (χ4v) is 2.65. The number of amides is 1. The van der Waals surface area contributed by atoms with E-state index in [1.54, 1.807) is 12.1 Å². The Bertz CT molecular complexity index is 1030. The highest BCUT2D eigenvalue weighted by Gasteiger charge is 2.20. The van der Waals surface area contributed by atoms with E-state index in [-0.39, 0.29) is 23.8 Å². The highest BCUT2D eigenvalue weighted by Crippen LogP contribution is 2.18. The van der Waals surface area contributed by atoms with E-state index in [9.17, 15) is 18.4 Å². The van der Waals surface area contributed by atoms with Gasteiger partial charge in [0, 0.05) is 11.6 Å². The summed E-state index contributed by atoms with van der Waals surface area (Å²) >= 11 is 0. The van der Waals surface area contributed by atoms with Crippen LogP contribution >= 0.6 is 0 Å². The molecule has 0 aliphatic rings. The largest absolute Gasteiger partial charge is 0.459 e. The van der Waals surface area contributed by atoms with Crippen molar-refractivity contribution >= 4 is 5.91 Å². The van der Waals surface area contributed by atoms with E-state index in [0.717, 1.165) is 12.1 Å². The molecule has 1 aromatic carbocycles. The van der Waals surface area contributed by atoms with E-state index in [2.05, 4.69) is 10.4 Å². The number of carbonyl (C=O) groups is 1. The summed E-state index contributed by atoms with van der Waals surface area (Å²) in [6, 6.07) is 8.90. The molecule has 2 aromatic heterocycles. The predicted molar refractivity (Wildman–Crippen MR) is 98.6 cm³/mol. The molecule has 1 amide bonds. The van der Waals surface area contributed by atoms with Gasteiger partial charge in [-0.15, -0.1) is 0 Å². The van der Waals surface area contributed by atoms with Crippen LogP contribution in [0.1, 0.15) is 24.4 Å². The van der Waals surface area contributed by atoms with Crippen LogP contribution < -0.4 is 10.9 Å². The molecule has 8 heteroatoms. The minimum absolute atomic E-state index is 0.000432. The third-order valence-electron chi connectivity index (χ3n) is 4.32. The van der Waals surface area contributed by atoms with Gasteiger partial charge in [0.05, 0.1) is 24.5 Å². The van der Waals surface area contributed by atoms with Crippen molar-refractivity contribution in [3.63, 3.8) is 0 Å². The summed E-state index contributed by atoms with van der Waals surface area (Å²) in [7, 11) is 0. The normalized spacial score (nSPS) is 12.2. The minimum atomic E-state index is -0.997. The standard InChI is InChI=1S/C20H19F2N3O3/c1-12(2)17(23-20(27)18-4-3-9-28-18)11-25-19(26)8-7-16(24-25)13-5-6-14(21)15(22)10-13/h3-10,12,17H,11H2,1-2H3,(H,23,27)/t17-/m1/s1. The molecule has 28 heavy (non-hydrogen) atoms. The molecule has 146 valence electrons. The summed E-state index contributed by atoms with van der Waals surface area (Å²) in [4.78, 5) is 24.5. The van der Waals surface area contributed by atoms with Crippen molar-refractivity contribution in [1.29, 1.82) is 0 Å². The number of furan rings is 1. The molecule has 0 aliphatic heterocycles. The smallest absolute Gasteiger partial charge is 0.287 e. The molecule has 0 fully saturated rings. The van der Waals surface area contributed by atoms with E-state index in [1.807, 2.05) is 13.8 Å². The summed E-state index contributed by atoms with van der Waals surface area (Å²) in [6.45, 7) is 3.91. The Labute approximate surface area is 159 Å². The Morgan fingerprint density at radius 2 is 1.96 bits per heavy atom. The first-order valence-corrected chi connectivity index (χ1v) is 8.73. The first-order valence-electron chi connectivity index (χ1n) is 8.73. The van der Waals surface area contributed by atoms with E-state index in [1.165, 1.54) is 29.1 Å². The monoisotopic (exact) mass is 387 g/mol. The Kier molecular flexibility index (Phi) is 5.67. The highest BCUT2D eigenvalue weighted by molar-refractivity contribution is 5.91. The molecule has 0 saturated carbocycles. The quantitative estimate of drug-likeness (QED) is 0.705. The van der Waals surface area contributed by atoms with Crippen LogP contribution in [0.4, 0.5) is 8.78 Å². The average molecular weight is 387 g/mol. The lowest BCUT2D eigenvalue weighted by molar-refractivity contribution is 0.0890. The van der Waals surface area contributed by atoms with Crippen LogP contribution in [0.25, 0.3) is 11.3 Å². The van der Waals surface area contributed by atoms with Crippen LogP contribution in [0.3, 0.4) is 0 Å². The lowest BCUT2D eigenvalue weighted by atomic mass is 10.0. The molecule has 2 heterocycles. The van der Waals surface area contributed by atoms with Gasteiger partial charge in [0.2, 0.25) is 0 Å². The Morgan fingerprint density at radius 3 is 2.61 bits per heavy atom. The first kappa shape index (κ1) is 19.5. The van der Waals surface area contributed by atoms with Crippen LogP contribution in [0.2, 0.25) is 0 Å². The zero-order valence-electron chi connectivity index (χ0n) is 15.4. The van der Waals surface area contributed by atoms with E-state index < -0.39 is 23.6 Å². The second-order valence-electron chi connectivity index (χ2n) is 6.67. The average Bonchev–Trinajstić information content (AvgIpc) is 3.20. The number of nitrogens with zero attached hydrogens (tertiary/aromatic N) is 2. The summed E-state index contributed by atoms with van der Waals surface area (Å²) in [5.41, 5.74) is 0.288. The summed E-state index contributed by atoms with van der Waals surface area (Å²) < 4.78 is 33.0. The topological polar surface area (TPSA) is 77.1 Å². The molecule has 0 spiro atoms. The second-order valence-corrected chi connectivity index (χ2v) is 6.67. The van der Waals surface area contributed by atoms with Gasteiger partial charge in [0.1, 0.15) is 0 Å². The number of rotatable bonds is 6. The molecule has 1 N–H and O–H groups in total. The van der Waals surface area contributed by atoms with Crippen LogP contribution in [0, 0.1) is 17.6 Å². The maximum atomic E-state index is 13.5. The van der Waals surface area contributed by atoms with Crippen LogP contribution in [-0.2, 0) is 6.54 Å². The van der Waals surface area contributed by atoms with Crippen LogP contribution in [0.5, 0.6) is 0 Å². The molecule has 0 radical (unpaired) electrons. The number of aromatic nitrogens is 2. The molecule has 0 saturated heterocycles. The molecule has 3 aromatic rings. The summed E-state index contributed by atoms with van der Waals surface area (Å²) in [6.07, 6.45) is 1.40. The van der Waals surface area contributed by atoms with Gasteiger partial charge in [-0.3, -0.25) is 9.59 Å². The van der Waals surface area contributed by atoms with Crippen molar-refractivity contribution in [2.75, 3.05) is 0 Å². The zero-order valence-corrected chi connectivity index (χ0v) is 15.4. The van der Waals surface area contributed by atoms with Gasteiger partial charge in [-0.05, 0) is 42.3 Å². The van der Waals surface area contributed by atoms with Crippen molar-refractivity contribution in [1.82, 2.24) is 15.1 Å². The minimum Gasteiger partial charge on any atom is -0.459 e. The van der Waals surface area contributed by atoms with Crippen molar-refractivity contribution in [3.05, 3.63) is 76.5 Å². The fraction of sp³-hybridized carbons (Fsp3) is 0.250. The van der Waals surface area contributed by atoms with Crippen LogP contribution in [0.15, 0.2) is 57.9 Å². The van der Waals surface area contributed by atoms with Crippen LogP contribution in [-0.4, -0.2) is 21.7 Å². The number of benzene rings is 1. The molecular weight excluding hydrogens is 368 g/mol. The van der Waals surface area contributed by atoms with E-state index >= 15 is 0 Å². The van der Waals surface area contributed by atoms with Crippen molar-refractivity contribution in [2.24, 2.45) is 5.92 Å². The van der Waals surface area contributed by atoms with E-state index in [4.69, 9.17) is 4.42 Å². The maximum absolute atomic E-state index is 13.5. The summed E-state index contributed by atoms with van der Waals surface area (Å²) in [5, 5.41) is 7.07. The number of hydrogen-bond acceptors (Lipinski definition) is 4. The number of carbonyl (C=O) groups excluding carboxylic acids is 1. The summed E-state index contributed by atoms with van der Waals surface area (Å²) in [5.74, 6) is -2.19. The third kappa shape index (κ3) is 4.33. The Morgan fingerprint density at radius 1 is 1.18 bits per heavy atom. The second kappa shape index (κ2) is 8.16. The molecule has 3 rings (SSSR count). The van der Waals surface area contributed by atoms with Crippen molar-refractivity contribution in [3.8, 4) is 11.3 Å². The predicted octanol–water partition coefficient (Wildman–Crippen LogP) is 3.24.